The van der Waals surface area contributed by atoms with Crippen LogP contribution >= 0.6 is 0 Å². The first-order valence-corrected chi connectivity index (χ1v) is 19.4. The summed E-state index contributed by atoms with van der Waals surface area (Å²) < 4.78 is 51.8. The molecule has 354 valence electrons. The van der Waals surface area contributed by atoms with Gasteiger partial charge in [0, 0.05) is 13.8 Å². The Morgan fingerprint density at radius 2 is 0.934 bits per heavy atom. The summed E-state index contributed by atoms with van der Waals surface area (Å²) >= 11 is 0. The quantitative estimate of drug-likeness (QED) is 0.0770. The van der Waals surface area contributed by atoms with Crippen LogP contribution in [0.25, 0.3) is 0 Å². The van der Waals surface area contributed by atoms with Crippen LogP contribution in [0.3, 0.4) is 0 Å². The smallest absolute Gasteiger partial charge is 0.217 e. The van der Waals surface area contributed by atoms with Crippen LogP contribution in [-0.4, -0.2) is 263 Å². The lowest BCUT2D eigenvalue weighted by molar-refractivity contribution is -0.402. The summed E-state index contributed by atoms with van der Waals surface area (Å²) in [7, 11) is 0. The topological polar surface area (TPSA) is 424 Å². The van der Waals surface area contributed by atoms with Gasteiger partial charge in [0.05, 0.1) is 32.5 Å². The summed E-state index contributed by atoms with van der Waals surface area (Å²) in [5, 5.41) is 153. The van der Waals surface area contributed by atoms with Crippen molar-refractivity contribution >= 4 is 11.8 Å². The third kappa shape index (κ3) is 10.9. The minimum atomic E-state index is -2.05. The van der Waals surface area contributed by atoms with Gasteiger partial charge in [-0.1, -0.05) is 0 Å². The fraction of sp³-hybridized carbons (Fsp3) is 0.941. The highest BCUT2D eigenvalue weighted by Gasteiger charge is 2.57. The summed E-state index contributed by atoms with van der Waals surface area (Å²) in [5.74, 6) is -1.40. The van der Waals surface area contributed by atoms with Crippen LogP contribution in [0.5, 0.6) is 0 Å². The second kappa shape index (κ2) is 21.3. The van der Waals surface area contributed by atoms with E-state index in [-0.39, 0.29) is 0 Å². The summed E-state index contributed by atoms with van der Waals surface area (Å²) in [6, 6.07) is -3.02. The average Bonchev–Trinajstić information content (AvgIpc) is 3.22. The second-order valence-corrected chi connectivity index (χ2v) is 15.4. The predicted octanol–water partition coefficient (Wildman–Crippen LogP) is -10.6. The van der Waals surface area contributed by atoms with Crippen molar-refractivity contribution in [3.8, 4) is 0 Å². The Balaban J connectivity index is 1.43. The number of nitrogens with one attached hydrogen (secondary N) is 2. The van der Waals surface area contributed by atoms with Crippen molar-refractivity contribution in [2.45, 2.75) is 174 Å². The number of carbonyl (C=O) groups is 2. The Morgan fingerprint density at radius 1 is 0.459 bits per heavy atom. The molecule has 2 amide bonds. The molecule has 0 aromatic heterocycles. The molecule has 27 nitrogen and oxygen atoms in total. The first kappa shape index (κ1) is 50.0. The van der Waals surface area contributed by atoms with E-state index in [2.05, 4.69) is 10.6 Å². The summed E-state index contributed by atoms with van der Waals surface area (Å²) in [6.45, 7) is -0.0270. The van der Waals surface area contributed by atoms with Crippen LogP contribution in [-0.2, 0) is 52.2 Å². The number of hydrogen-bond donors (Lipinski definition) is 16. The predicted molar refractivity (Wildman–Crippen MR) is 188 cm³/mol. The Morgan fingerprint density at radius 3 is 1.52 bits per heavy atom. The molecular weight excluding hydrogens is 836 g/mol. The van der Waals surface area contributed by atoms with Crippen LogP contribution < -0.4 is 10.6 Å². The molecular formula is C34H58N2O25. The highest BCUT2D eigenvalue weighted by Crippen LogP contribution is 2.36. The van der Waals surface area contributed by atoms with Gasteiger partial charge in [-0.3, -0.25) is 9.59 Å². The molecule has 16 N–H and O–H groups in total. The van der Waals surface area contributed by atoms with Gasteiger partial charge in [0.2, 0.25) is 11.8 Å². The van der Waals surface area contributed by atoms with Crippen LogP contribution in [0.15, 0.2) is 0 Å². The molecule has 5 aliphatic heterocycles. The average molecular weight is 895 g/mol. The summed E-state index contributed by atoms with van der Waals surface area (Å²) in [5.41, 5.74) is 0. The van der Waals surface area contributed by atoms with Gasteiger partial charge in [0.15, 0.2) is 31.5 Å². The van der Waals surface area contributed by atoms with Crippen molar-refractivity contribution in [2.75, 3.05) is 26.4 Å². The SMILES string of the molecule is CC(=O)N[C@@H]1[C@@H](O)[C@@H](O)[C@@H](CO[C@@H]2O[C@H](CO)[C@@H](O[C@@H]3O[C@H](CO)[C@H](O)[C@H](O[C@H]4O[C@H](CO)[C@H](O)[C@H](O)[C@H]4O)[C@H]3O[C@@H]3O[C@@H](C)[C@@H](O)[C@@H](O)[C@@H]3O)[C@H](O)[C@H]2NC(C)=O)O[C@@H]1O. The molecule has 5 saturated heterocycles. The van der Waals surface area contributed by atoms with E-state index in [1.807, 2.05) is 0 Å². The van der Waals surface area contributed by atoms with Gasteiger partial charge in [-0.2, -0.15) is 0 Å². The van der Waals surface area contributed by atoms with Gasteiger partial charge in [-0.25, -0.2) is 0 Å². The van der Waals surface area contributed by atoms with Gasteiger partial charge in [0.25, 0.3) is 0 Å². The lowest BCUT2D eigenvalue weighted by atomic mass is 9.94. The maximum absolute atomic E-state index is 12.4. The standard InChI is InChI=1S/C34H58N2O25/c1-8-17(42)23(48)25(50)32(54-8)61-29-28(60-33-26(51)24(49)18(43)11(4-37)56-33)20(45)12(5-38)57-34(29)59-27-13(6-39)58-31(16(22(27)47)36-10(3)41)53-7-14-19(44)21(46)15(30(52)55-14)35-9(2)40/h8,11-34,37-39,42-52H,4-7H2,1-3H3,(H,35,40)(H,36,41)/t8-,11+,12+,13+,14+,15+,16+,17+,18-,19-,20-,21+,22+,23+,24-,25-,26+,27+,28-,29+,30-,31+,32-,33+,34-/m0/s1. The van der Waals surface area contributed by atoms with Crippen molar-refractivity contribution < 1.29 is 124 Å². The molecule has 0 aromatic carbocycles. The number of rotatable bonds is 14. The first-order valence-electron chi connectivity index (χ1n) is 19.4. The summed E-state index contributed by atoms with van der Waals surface area (Å²) in [6.07, 6.45) is -41.3. The molecule has 5 aliphatic rings. The Labute approximate surface area is 346 Å². The molecule has 0 aromatic rings. The maximum atomic E-state index is 12.4. The van der Waals surface area contributed by atoms with E-state index in [0.717, 1.165) is 13.8 Å². The van der Waals surface area contributed by atoms with Gasteiger partial charge >= 0.3 is 0 Å². The lowest BCUT2D eigenvalue weighted by Crippen LogP contribution is -2.70. The second-order valence-electron chi connectivity index (χ2n) is 15.4. The van der Waals surface area contributed by atoms with Crippen molar-refractivity contribution in [1.82, 2.24) is 10.6 Å². The van der Waals surface area contributed by atoms with Crippen molar-refractivity contribution in [1.29, 1.82) is 0 Å². The lowest BCUT2D eigenvalue weighted by Gasteiger charge is -2.51. The normalized spacial score (nSPS) is 49.6. The number of carbonyl (C=O) groups excluding carboxylic acids is 2. The monoisotopic (exact) mass is 894 g/mol. The highest BCUT2D eigenvalue weighted by molar-refractivity contribution is 5.73. The number of aliphatic hydroxyl groups excluding tert-OH is 14. The van der Waals surface area contributed by atoms with Crippen LogP contribution in [0, 0.1) is 0 Å². The fourth-order valence-corrected chi connectivity index (χ4v) is 7.65. The zero-order valence-electron chi connectivity index (χ0n) is 33.0. The molecule has 5 fully saturated rings. The first-order chi connectivity index (χ1) is 28.7. The van der Waals surface area contributed by atoms with Crippen LogP contribution in [0.4, 0.5) is 0 Å². The Hall–Kier alpha value is -1.98. The van der Waals surface area contributed by atoms with E-state index in [4.69, 9.17) is 42.6 Å². The molecule has 25 atom stereocenters. The van der Waals surface area contributed by atoms with Crippen molar-refractivity contribution in [2.24, 2.45) is 0 Å². The van der Waals surface area contributed by atoms with E-state index < -0.39 is 192 Å². The minimum absolute atomic E-state index is 0.646. The molecule has 0 unspecified atom stereocenters. The van der Waals surface area contributed by atoms with Gasteiger partial charge in [-0.05, 0) is 6.92 Å². The zero-order chi connectivity index (χ0) is 45.2. The fourth-order valence-electron chi connectivity index (χ4n) is 7.65. The molecule has 0 aliphatic carbocycles. The van der Waals surface area contributed by atoms with E-state index in [0.29, 0.717) is 0 Å². The van der Waals surface area contributed by atoms with Crippen molar-refractivity contribution in [3.05, 3.63) is 0 Å². The van der Waals surface area contributed by atoms with E-state index in [9.17, 15) is 81.1 Å². The Kier molecular flexibility index (Phi) is 17.5. The molecule has 0 bridgehead atoms. The number of aliphatic hydroxyl groups is 14. The number of amides is 2. The van der Waals surface area contributed by atoms with Crippen LogP contribution in [0.2, 0.25) is 0 Å². The molecule has 27 heteroatoms. The Bertz CT molecular complexity index is 1420. The van der Waals surface area contributed by atoms with E-state index in [1.54, 1.807) is 0 Å². The third-order valence-corrected chi connectivity index (χ3v) is 11.1. The van der Waals surface area contributed by atoms with E-state index >= 15 is 0 Å². The molecule has 61 heavy (non-hydrogen) atoms. The number of hydrogen-bond acceptors (Lipinski definition) is 25. The highest BCUT2D eigenvalue weighted by atomic mass is 16.8. The molecule has 0 spiro atoms. The van der Waals surface area contributed by atoms with Gasteiger partial charge < -0.3 is 125 Å². The molecule has 0 saturated carbocycles. The maximum Gasteiger partial charge on any atom is 0.217 e. The third-order valence-electron chi connectivity index (χ3n) is 11.1. The molecule has 0 radical (unpaired) electrons. The van der Waals surface area contributed by atoms with Crippen LogP contribution in [0.1, 0.15) is 20.8 Å². The molecule has 5 rings (SSSR count). The number of ether oxygens (including phenoxy) is 9. The van der Waals surface area contributed by atoms with Gasteiger partial charge in [0.1, 0.15) is 116 Å². The van der Waals surface area contributed by atoms with Gasteiger partial charge in [-0.15, -0.1) is 0 Å². The van der Waals surface area contributed by atoms with Crippen molar-refractivity contribution in [3.63, 3.8) is 0 Å². The van der Waals surface area contributed by atoms with E-state index in [1.165, 1.54) is 6.92 Å². The minimum Gasteiger partial charge on any atom is -0.394 e. The largest absolute Gasteiger partial charge is 0.394 e. The zero-order valence-corrected chi connectivity index (χ0v) is 33.0. The molecule has 5 heterocycles. The summed E-state index contributed by atoms with van der Waals surface area (Å²) in [4.78, 5) is 23.9.